The van der Waals surface area contributed by atoms with Crippen LogP contribution in [0.3, 0.4) is 0 Å². The van der Waals surface area contributed by atoms with Gasteiger partial charge in [-0.15, -0.1) is 5.10 Å². The zero-order valence-corrected chi connectivity index (χ0v) is 11.8. The summed E-state index contributed by atoms with van der Waals surface area (Å²) in [6.07, 6.45) is -0.409. The SMILES string of the molecule is CC(Oc1ccc(Cl)cc1Cl)c1c(C#N)nnn1C. The van der Waals surface area contributed by atoms with Crippen molar-refractivity contribution in [3.8, 4) is 11.8 Å². The Bertz CT molecular complexity index is 648. The number of halogens is 2. The zero-order chi connectivity index (χ0) is 14.0. The molecule has 1 heterocycles. The van der Waals surface area contributed by atoms with E-state index in [9.17, 15) is 0 Å². The van der Waals surface area contributed by atoms with Crippen molar-refractivity contribution in [2.24, 2.45) is 7.05 Å². The van der Waals surface area contributed by atoms with Crippen molar-refractivity contribution in [3.63, 3.8) is 0 Å². The highest BCUT2D eigenvalue weighted by Gasteiger charge is 2.19. The Hall–Kier alpha value is -1.77. The highest BCUT2D eigenvalue weighted by atomic mass is 35.5. The Morgan fingerprint density at radius 2 is 2.16 bits per heavy atom. The number of rotatable bonds is 3. The van der Waals surface area contributed by atoms with E-state index in [2.05, 4.69) is 10.3 Å². The highest BCUT2D eigenvalue weighted by Crippen LogP contribution is 2.31. The van der Waals surface area contributed by atoms with Gasteiger partial charge in [0.15, 0.2) is 5.69 Å². The Kier molecular flexibility index (Phi) is 3.93. The van der Waals surface area contributed by atoms with Gasteiger partial charge < -0.3 is 4.74 Å². The normalized spacial score (nSPS) is 11.9. The lowest BCUT2D eigenvalue weighted by Crippen LogP contribution is -2.10. The number of nitriles is 1. The van der Waals surface area contributed by atoms with Gasteiger partial charge in [0, 0.05) is 12.1 Å². The van der Waals surface area contributed by atoms with Crippen LogP contribution in [0.25, 0.3) is 0 Å². The van der Waals surface area contributed by atoms with Gasteiger partial charge in [0.2, 0.25) is 0 Å². The number of benzene rings is 1. The minimum absolute atomic E-state index is 0.236. The minimum atomic E-state index is -0.409. The van der Waals surface area contributed by atoms with Gasteiger partial charge in [-0.2, -0.15) is 5.26 Å². The molecule has 0 aliphatic rings. The summed E-state index contributed by atoms with van der Waals surface area (Å²) < 4.78 is 7.23. The standard InChI is InChI=1S/C12H10Cl2N4O/c1-7(12-10(6-15)16-17-18(12)2)19-11-4-3-8(13)5-9(11)14/h3-5,7H,1-2H3. The lowest BCUT2D eigenvalue weighted by molar-refractivity contribution is 0.216. The van der Waals surface area contributed by atoms with Crippen molar-refractivity contribution in [2.45, 2.75) is 13.0 Å². The molecule has 0 N–H and O–H groups in total. The van der Waals surface area contributed by atoms with Crippen LogP contribution in [0.5, 0.6) is 5.75 Å². The number of hydrogen-bond acceptors (Lipinski definition) is 4. The van der Waals surface area contributed by atoms with Crippen molar-refractivity contribution in [2.75, 3.05) is 0 Å². The Morgan fingerprint density at radius 1 is 1.42 bits per heavy atom. The lowest BCUT2D eigenvalue weighted by Gasteiger charge is -2.15. The number of aryl methyl sites for hydroxylation is 1. The predicted octanol–water partition coefficient (Wildman–Crippen LogP) is 3.13. The zero-order valence-electron chi connectivity index (χ0n) is 10.3. The molecule has 0 fully saturated rings. The minimum Gasteiger partial charge on any atom is -0.483 e. The molecule has 0 saturated carbocycles. The van der Waals surface area contributed by atoms with Crippen LogP contribution in [0.1, 0.15) is 24.4 Å². The van der Waals surface area contributed by atoms with Crippen molar-refractivity contribution in [1.29, 1.82) is 5.26 Å². The van der Waals surface area contributed by atoms with Gasteiger partial charge in [-0.3, -0.25) is 0 Å². The van der Waals surface area contributed by atoms with Crippen LogP contribution in [-0.2, 0) is 7.05 Å². The quantitative estimate of drug-likeness (QED) is 0.873. The molecular formula is C12H10Cl2N4O. The first-order valence-electron chi connectivity index (χ1n) is 5.44. The van der Waals surface area contributed by atoms with Gasteiger partial charge >= 0.3 is 0 Å². The number of aromatic nitrogens is 3. The van der Waals surface area contributed by atoms with Crippen LogP contribution >= 0.6 is 23.2 Å². The fraction of sp³-hybridized carbons (Fsp3) is 0.250. The summed E-state index contributed by atoms with van der Waals surface area (Å²) in [5.41, 5.74) is 0.827. The molecule has 5 nitrogen and oxygen atoms in total. The molecule has 2 aromatic rings. The Labute approximate surface area is 120 Å². The first kappa shape index (κ1) is 13.7. The third-order valence-electron chi connectivity index (χ3n) is 2.56. The molecule has 0 bridgehead atoms. The molecular weight excluding hydrogens is 287 g/mol. The summed E-state index contributed by atoms with van der Waals surface area (Å²) in [6.45, 7) is 1.80. The van der Waals surface area contributed by atoms with Gasteiger partial charge in [-0.05, 0) is 25.1 Å². The molecule has 2 rings (SSSR count). The second-order valence-electron chi connectivity index (χ2n) is 3.89. The number of nitrogens with zero attached hydrogens (tertiary/aromatic N) is 4. The number of ether oxygens (including phenoxy) is 1. The largest absolute Gasteiger partial charge is 0.483 e. The summed E-state index contributed by atoms with van der Waals surface area (Å²) in [5, 5.41) is 17.5. The van der Waals surface area contributed by atoms with Crippen molar-refractivity contribution in [3.05, 3.63) is 39.6 Å². The summed E-state index contributed by atoms with van der Waals surface area (Å²) in [5.74, 6) is 0.489. The van der Waals surface area contributed by atoms with Gasteiger partial charge in [0.25, 0.3) is 0 Å². The fourth-order valence-electron chi connectivity index (χ4n) is 1.72. The molecule has 98 valence electrons. The maximum absolute atomic E-state index is 8.97. The number of hydrogen-bond donors (Lipinski definition) is 0. The van der Waals surface area contributed by atoms with Crippen LogP contribution < -0.4 is 4.74 Å². The van der Waals surface area contributed by atoms with E-state index in [4.69, 9.17) is 33.2 Å². The van der Waals surface area contributed by atoms with E-state index in [1.807, 2.05) is 6.07 Å². The van der Waals surface area contributed by atoms with E-state index in [0.717, 1.165) is 0 Å². The van der Waals surface area contributed by atoms with E-state index in [0.29, 0.717) is 21.5 Å². The topological polar surface area (TPSA) is 63.7 Å². The van der Waals surface area contributed by atoms with Crippen LogP contribution in [0, 0.1) is 11.3 Å². The third-order valence-corrected chi connectivity index (χ3v) is 3.09. The molecule has 0 amide bonds. The summed E-state index contributed by atoms with van der Waals surface area (Å²) in [6, 6.07) is 6.93. The molecule has 1 aromatic heterocycles. The third kappa shape index (κ3) is 2.80. The molecule has 0 aliphatic carbocycles. The molecule has 19 heavy (non-hydrogen) atoms. The monoisotopic (exact) mass is 296 g/mol. The second kappa shape index (κ2) is 5.47. The summed E-state index contributed by atoms with van der Waals surface area (Å²) in [7, 11) is 1.70. The molecule has 0 spiro atoms. The lowest BCUT2D eigenvalue weighted by atomic mass is 10.2. The van der Waals surface area contributed by atoms with E-state index in [1.165, 1.54) is 4.68 Å². The second-order valence-corrected chi connectivity index (χ2v) is 4.74. The van der Waals surface area contributed by atoms with Crippen LogP contribution in [0.4, 0.5) is 0 Å². The van der Waals surface area contributed by atoms with Crippen LogP contribution in [0.2, 0.25) is 10.0 Å². The Balaban J connectivity index is 2.28. The van der Waals surface area contributed by atoms with Gasteiger partial charge in [0.1, 0.15) is 23.6 Å². The molecule has 0 radical (unpaired) electrons. The summed E-state index contributed by atoms with van der Waals surface area (Å²) >= 11 is 11.9. The van der Waals surface area contributed by atoms with E-state index < -0.39 is 6.10 Å². The van der Waals surface area contributed by atoms with E-state index >= 15 is 0 Å². The van der Waals surface area contributed by atoms with E-state index in [1.54, 1.807) is 32.2 Å². The highest BCUT2D eigenvalue weighted by molar-refractivity contribution is 6.35. The van der Waals surface area contributed by atoms with Crippen molar-refractivity contribution < 1.29 is 4.74 Å². The first-order chi connectivity index (χ1) is 9.02. The average molecular weight is 297 g/mol. The van der Waals surface area contributed by atoms with Gasteiger partial charge in [-0.25, -0.2) is 4.68 Å². The van der Waals surface area contributed by atoms with Crippen LogP contribution in [-0.4, -0.2) is 15.0 Å². The molecule has 1 atom stereocenters. The van der Waals surface area contributed by atoms with Crippen molar-refractivity contribution in [1.82, 2.24) is 15.0 Å². The molecule has 1 unspecified atom stereocenters. The van der Waals surface area contributed by atoms with Crippen LogP contribution in [0.15, 0.2) is 18.2 Å². The maximum atomic E-state index is 8.97. The molecule has 7 heteroatoms. The smallest absolute Gasteiger partial charge is 0.189 e. The van der Waals surface area contributed by atoms with Crippen molar-refractivity contribution >= 4 is 23.2 Å². The van der Waals surface area contributed by atoms with Gasteiger partial charge in [0.05, 0.1) is 5.02 Å². The Morgan fingerprint density at radius 3 is 2.79 bits per heavy atom. The fourth-order valence-corrected chi connectivity index (χ4v) is 2.17. The predicted molar refractivity (Wildman–Crippen MR) is 71.2 cm³/mol. The van der Waals surface area contributed by atoms with E-state index in [-0.39, 0.29) is 5.69 Å². The molecule has 0 aliphatic heterocycles. The molecule has 1 aromatic carbocycles. The first-order valence-corrected chi connectivity index (χ1v) is 6.20. The molecule has 0 saturated heterocycles. The maximum Gasteiger partial charge on any atom is 0.189 e. The van der Waals surface area contributed by atoms with Gasteiger partial charge in [-0.1, -0.05) is 28.4 Å². The summed E-state index contributed by atoms with van der Waals surface area (Å²) in [4.78, 5) is 0. The average Bonchev–Trinajstić information content (AvgIpc) is 2.74.